The number of hydrogen-bond donors (Lipinski definition) is 0. The Morgan fingerprint density at radius 2 is 1.88 bits per heavy atom. The first-order chi connectivity index (χ1) is 11.4. The molecule has 1 aliphatic heterocycles. The average Bonchev–Trinajstić information content (AvgIpc) is 2.91. The first-order valence-electron chi connectivity index (χ1n) is 7.75. The number of aryl methyl sites for hydroxylation is 2. The van der Waals surface area contributed by atoms with Crippen LogP contribution in [0.2, 0.25) is 0 Å². The molecule has 0 spiro atoms. The summed E-state index contributed by atoms with van der Waals surface area (Å²) in [6, 6.07) is 5.47. The second-order valence-corrected chi connectivity index (χ2v) is 7.44. The molecule has 7 nitrogen and oxygen atoms in total. The molecule has 1 aromatic heterocycles. The van der Waals surface area contributed by atoms with Crippen molar-refractivity contribution in [3.63, 3.8) is 0 Å². The smallest absolute Gasteiger partial charge is 0.248 e. The molecule has 0 fully saturated rings. The largest absolute Gasteiger partial charge is 0.486 e. The summed E-state index contributed by atoms with van der Waals surface area (Å²) in [6.07, 6.45) is 0. The predicted molar refractivity (Wildman–Crippen MR) is 86.7 cm³/mol. The van der Waals surface area contributed by atoms with E-state index in [0.717, 1.165) is 5.56 Å². The SMILES string of the molecule is CCN(Cc1ccc2c(c1)OCCO2)S(=O)(=O)c1c(C)noc1C. The maximum Gasteiger partial charge on any atom is 0.248 e. The quantitative estimate of drug-likeness (QED) is 0.821. The van der Waals surface area contributed by atoms with Crippen LogP contribution in [0, 0.1) is 13.8 Å². The molecule has 0 radical (unpaired) electrons. The highest BCUT2D eigenvalue weighted by Gasteiger charge is 2.30. The number of rotatable bonds is 5. The minimum absolute atomic E-state index is 0.141. The Hall–Kier alpha value is -2.06. The van der Waals surface area contributed by atoms with E-state index in [9.17, 15) is 8.42 Å². The van der Waals surface area contributed by atoms with Crippen molar-refractivity contribution in [1.82, 2.24) is 9.46 Å². The maximum absolute atomic E-state index is 12.9. The summed E-state index contributed by atoms with van der Waals surface area (Å²) in [5.74, 6) is 1.62. The molecular formula is C16H20N2O5S. The van der Waals surface area contributed by atoms with E-state index in [2.05, 4.69) is 5.16 Å². The van der Waals surface area contributed by atoms with E-state index >= 15 is 0 Å². The molecule has 0 atom stereocenters. The van der Waals surface area contributed by atoms with Crippen LogP contribution in [0.3, 0.4) is 0 Å². The Kier molecular flexibility index (Phi) is 4.51. The van der Waals surface area contributed by atoms with E-state index in [4.69, 9.17) is 14.0 Å². The van der Waals surface area contributed by atoms with E-state index in [1.807, 2.05) is 12.1 Å². The lowest BCUT2D eigenvalue weighted by Crippen LogP contribution is -2.31. The van der Waals surface area contributed by atoms with Crippen LogP contribution in [0.4, 0.5) is 0 Å². The zero-order chi connectivity index (χ0) is 17.3. The second-order valence-electron chi connectivity index (χ2n) is 5.56. The summed E-state index contributed by atoms with van der Waals surface area (Å²) in [4.78, 5) is 0.141. The fourth-order valence-electron chi connectivity index (χ4n) is 2.73. The van der Waals surface area contributed by atoms with Crippen molar-refractivity contribution in [3.05, 3.63) is 35.2 Å². The molecule has 0 amide bonds. The number of ether oxygens (including phenoxy) is 2. The molecule has 0 bridgehead atoms. The lowest BCUT2D eigenvalue weighted by atomic mass is 10.2. The van der Waals surface area contributed by atoms with Crippen molar-refractivity contribution in [2.45, 2.75) is 32.2 Å². The molecule has 0 aliphatic carbocycles. The number of aromatic nitrogens is 1. The lowest BCUT2D eigenvalue weighted by Gasteiger charge is -2.22. The molecule has 0 saturated carbocycles. The van der Waals surface area contributed by atoms with Crippen molar-refractivity contribution < 1.29 is 22.4 Å². The molecule has 24 heavy (non-hydrogen) atoms. The van der Waals surface area contributed by atoms with Gasteiger partial charge in [-0.25, -0.2) is 8.42 Å². The Balaban J connectivity index is 1.90. The van der Waals surface area contributed by atoms with Gasteiger partial charge in [-0.15, -0.1) is 0 Å². The number of benzene rings is 1. The van der Waals surface area contributed by atoms with Crippen molar-refractivity contribution in [2.24, 2.45) is 0 Å². The van der Waals surface area contributed by atoms with Gasteiger partial charge in [-0.3, -0.25) is 0 Å². The van der Waals surface area contributed by atoms with Gasteiger partial charge in [0.1, 0.15) is 23.8 Å². The van der Waals surface area contributed by atoms with Crippen molar-refractivity contribution >= 4 is 10.0 Å². The third-order valence-electron chi connectivity index (χ3n) is 3.88. The van der Waals surface area contributed by atoms with Crippen LogP contribution >= 0.6 is 0 Å². The Bertz CT molecular complexity index is 825. The molecule has 2 aromatic rings. The van der Waals surface area contributed by atoms with Crippen molar-refractivity contribution in [3.8, 4) is 11.5 Å². The monoisotopic (exact) mass is 352 g/mol. The minimum Gasteiger partial charge on any atom is -0.486 e. The zero-order valence-corrected chi connectivity index (χ0v) is 14.7. The summed E-state index contributed by atoms with van der Waals surface area (Å²) >= 11 is 0. The molecular weight excluding hydrogens is 332 g/mol. The zero-order valence-electron chi connectivity index (χ0n) is 13.9. The molecule has 1 aliphatic rings. The summed E-state index contributed by atoms with van der Waals surface area (Å²) in [5.41, 5.74) is 1.20. The predicted octanol–water partition coefficient (Wildman–Crippen LogP) is 2.27. The van der Waals surface area contributed by atoms with Crippen LogP contribution < -0.4 is 9.47 Å². The van der Waals surface area contributed by atoms with Gasteiger partial charge < -0.3 is 14.0 Å². The Morgan fingerprint density at radius 3 is 2.50 bits per heavy atom. The maximum atomic E-state index is 12.9. The standard InChI is InChI=1S/C16H20N2O5S/c1-4-18(24(19,20)16-11(2)17-23-12(16)3)10-13-5-6-14-15(9-13)22-8-7-21-14/h5-6,9H,4,7-8,10H2,1-3H3. The van der Waals surface area contributed by atoms with E-state index in [1.165, 1.54) is 4.31 Å². The number of nitrogens with zero attached hydrogens (tertiary/aromatic N) is 2. The summed E-state index contributed by atoms with van der Waals surface area (Å²) in [7, 11) is -3.68. The van der Waals surface area contributed by atoms with Crippen molar-refractivity contribution in [1.29, 1.82) is 0 Å². The van der Waals surface area contributed by atoms with Crippen LogP contribution in [-0.2, 0) is 16.6 Å². The summed E-state index contributed by atoms with van der Waals surface area (Å²) in [6.45, 7) is 6.61. The minimum atomic E-state index is -3.68. The molecule has 0 N–H and O–H groups in total. The highest BCUT2D eigenvalue weighted by atomic mass is 32.2. The molecule has 0 unspecified atom stereocenters. The number of sulfonamides is 1. The van der Waals surface area contributed by atoms with Gasteiger partial charge in [0.15, 0.2) is 17.3 Å². The molecule has 0 saturated heterocycles. The molecule has 3 rings (SSSR count). The van der Waals surface area contributed by atoms with Gasteiger partial charge in [0.2, 0.25) is 10.0 Å². The third-order valence-corrected chi connectivity index (χ3v) is 6.05. The normalized spacial score (nSPS) is 14.2. The van der Waals surface area contributed by atoms with Crippen LogP contribution in [-0.4, -0.2) is 37.6 Å². The fraction of sp³-hybridized carbons (Fsp3) is 0.438. The van der Waals surface area contributed by atoms with Gasteiger partial charge in [0.05, 0.1) is 0 Å². The van der Waals surface area contributed by atoms with Gasteiger partial charge in [0.25, 0.3) is 0 Å². The van der Waals surface area contributed by atoms with Crippen LogP contribution in [0.5, 0.6) is 11.5 Å². The lowest BCUT2D eigenvalue weighted by molar-refractivity contribution is 0.171. The molecule has 1 aromatic carbocycles. The van der Waals surface area contributed by atoms with E-state index in [1.54, 1.807) is 26.8 Å². The highest BCUT2D eigenvalue weighted by Crippen LogP contribution is 2.32. The van der Waals surface area contributed by atoms with E-state index in [0.29, 0.717) is 42.7 Å². The summed E-state index contributed by atoms with van der Waals surface area (Å²) in [5, 5.41) is 3.75. The van der Waals surface area contributed by atoms with Crippen LogP contribution in [0.15, 0.2) is 27.6 Å². The molecule has 130 valence electrons. The van der Waals surface area contributed by atoms with Crippen molar-refractivity contribution in [2.75, 3.05) is 19.8 Å². The molecule has 8 heteroatoms. The molecule has 2 heterocycles. The summed E-state index contributed by atoms with van der Waals surface area (Å²) < 4.78 is 43.3. The highest BCUT2D eigenvalue weighted by molar-refractivity contribution is 7.89. The average molecular weight is 352 g/mol. The first kappa shape index (κ1) is 16.8. The number of fused-ring (bicyclic) bond motifs is 1. The van der Waals surface area contributed by atoms with Gasteiger partial charge >= 0.3 is 0 Å². The topological polar surface area (TPSA) is 81.9 Å². The Labute approximate surface area is 141 Å². The van der Waals surface area contributed by atoms with Gasteiger partial charge in [-0.2, -0.15) is 4.31 Å². The van der Waals surface area contributed by atoms with Crippen LogP contribution in [0.25, 0.3) is 0 Å². The van der Waals surface area contributed by atoms with Gasteiger partial charge in [0, 0.05) is 13.1 Å². The second kappa shape index (κ2) is 6.45. The third kappa shape index (κ3) is 2.99. The van der Waals surface area contributed by atoms with Gasteiger partial charge in [-0.1, -0.05) is 18.1 Å². The van der Waals surface area contributed by atoms with E-state index in [-0.39, 0.29) is 11.4 Å². The fourth-order valence-corrected chi connectivity index (χ4v) is 4.46. The first-order valence-corrected chi connectivity index (χ1v) is 9.19. The Morgan fingerprint density at radius 1 is 1.17 bits per heavy atom. The van der Waals surface area contributed by atoms with Gasteiger partial charge in [-0.05, 0) is 31.5 Å². The number of hydrogen-bond acceptors (Lipinski definition) is 6. The van der Waals surface area contributed by atoms with Crippen LogP contribution in [0.1, 0.15) is 23.9 Å². The van der Waals surface area contributed by atoms with E-state index < -0.39 is 10.0 Å².